The van der Waals surface area contributed by atoms with Crippen LogP contribution in [-0.4, -0.2) is 18.5 Å². The van der Waals surface area contributed by atoms with Crippen molar-refractivity contribution in [3.63, 3.8) is 0 Å². The van der Waals surface area contributed by atoms with E-state index >= 15 is 0 Å². The molecule has 0 rings (SSSR count). The van der Waals surface area contributed by atoms with Crippen LogP contribution < -0.4 is 0 Å². The Morgan fingerprint density at radius 3 is 2.83 bits per heavy atom. The number of hydrogen-bond donors (Lipinski definition) is 0. The zero-order valence-corrected chi connectivity index (χ0v) is 7.73. The second-order valence-corrected chi connectivity index (χ2v) is 2.48. The minimum Gasteiger partial charge on any atom is -0.461 e. The van der Waals surface area contributed by atoms with Gasteiger partial charge in [0.1, 0.15) is 0 Å². The minimum absolute atomic E-state index is 0.190. The van der Waals surface area contributed by atoms with Crippen LogP contribution in [0, 0.1) is 0 Å². The maximum atomic E-state index is 12.7. The average molecular weight is 195 g/mol. The highest BCUT2D eigenvalue weighted by Crippen LogP contribution is 2.03. The van der Waals surface area contributed by atoms with E-state index in [1.165, 1.54) is 6.08 Å². The van der Waals surface area contributed by atoms with Crippen LogP contribution in [0.5, 0.6) is 0 Å². The van der Waals surface area contributed by atoms with E-state index in [4.69, 9.17) is 11.6 Å². The second-order valence-electron chi connectivity index (χ2n) is 2.10. The topological polar surface area (TPSA) is 26.3 Å². The van der Waals surface area contributed by atoms with Crippen LogP contribution in [0.4, 0.5) is 4.39 Å². The molecule has 0 aliphatic carbocycles. The van der Waals surface area contributed by atoms with E-state index in [1.54, 1.807) is 6.92 Å². The number of allylic oxidation sites excluding steroid dienone is 1. The van der Waals surface area contributed by atoms with Gasteiger partial charge in [0.15, 0.2) is 0 Å². The van der Waals surface area contributed by atoms with Crippen molar-refractivity contribution in [1.82, 2.24) is 0 Å². The Labute approximate surface area is 76.3 Å². The van der Waals surface area contributed by atoms with Gasteiger partial charge in [0.25, 0.3) is 0 Å². The number of rotatable bonds is 5. The Morgan fingerprint density at radius 1 is 1.67 bits per heavy atom. The lowest BCUT2D eigenvalue weighted by molar-refractivity contribution is -0.140. The van der Waals surface area contributed by atoms with E-state index in [2.05, 4.69) is 4.74 Å². The molecule has 2 nitrogen and oxygen atoms in total. The van der Waals surface area contributed by atoms with E-state index in [-0.39, 0.29) is 6.61 Å². The lowest BCUT2D eigenvalue weighted by atomic mass is 10.3. The molecule has 0 spiro atoms. The Bertz CT molecular complexity index is 168. The Morgan fingerprint density at radius 2 is 2.33 bits per heavy atom. The molecular formula is C8H12ClFO2. The molecule has 0 aromatic heterocycles. The Kier molecular flexibility index (Phi) is 6.76. The molecule has 0 saturated carbocycles. The number of esters is 1. The average Bonchev–Trinajstić information content (AvgIpc) is 2.05. The van der Waals surface area contributed by atoms with E-state index in [9.17, 15) is 9.18 Å². The predicted molar refractivity (Wildman–Crippen MR) is 45.8 cm³/mol. The number of carbonyl (C=O) groups is 1. The van der Waals surface area contributed by atoms with Gasteiger partial charge >= 0.3 is 5.97 Å². The van der Waals surface area contributed by atoms with E-state index in [1.807, 2.05) is 0 Å². The fourth-order valence-electron chi connectivity index (χ4n) is 0.589. The quantitative estimate of drug-likeness (QED) is 0.291. The van der Waals surface area contributed by atoms with Crippen LogP contribution in [0.1, 0.15) is 19.8 Å². The first-order valence-corrected chi connectivity index (χ1v) is 4.34. The molecule has 0 aromatic carbocycles. The standard InChI is InChI=1S/C8H12ClFO2/c1-2-12-8(11)7(10)5-3-4-6-9/h5H,2-4,6H2,1H3. The monoisotopic (exact) mass is 194 g/mol. The van der Waals surface area contributed by atoms with Crippen molar-refractivity contribution >= 4 is 17.6 Å². The first-order chi connectivity index (χ1) is 5.72. The van der Waals surface area contributed by atoms with Gasteiger partial charge in [0.05, 0.1) is 6.61 Å². The fourth-order valence-corrected chi connectivity index (χ4v) is 0.744. The number of ether oxygens (including phenoxy) is 1. The second kappa shape index (κ2) is 7.10. The van der Waals surface area contributed by atoms with Crippen molar-refractivity contribution in [1.29, 1.82) is 0 Å². The number of alkyl halides is 1. The molecule has 0 bridgehead atoms. The Balaban J connectivity index is 3.74. The summed E-state index contributed by atoms with van der Waals surface area (Å²) in [5, 5.41) is 0. The molecule has 0 aliphatic rings. The molecule has 0 amide bonds. The molecule has 12 heavy (non-hydrogen) atoms. The van der Waals surface area contributed by atoms with Crippen LogP contribution in [0.25, 0.3) is 0 Å². The van der Waals surface area contributed by atoms with Crippen molar-refractivity contribution in [2.45, 2.75) is 19.8 Å². The van der Waals surface area contributed by atoms with Crippen molar-refractivity contribution < 1.29 is 13.9 Å². The zero-order valence-electron chi connectivity index (χ0n) is 6.98. The van der Waals surface area contributed by atoms with Gasteiger partial charge in [-0.05, 0) is 25.8 Å². The van der Waals surface area contributed by atoms with E-state index < -0.39 is 11.8 Å². The highest BCUT2D eigenvalue weighted by atomic mass is 35.5. The molecule has 70 valence electrons. The first kappa shape index (κ1) is 11.4. The minimum atomic E-state index is -0.896. The van der Waals surface area contributed by atoms with Gasteiger partial charge in [-0.15, -0.1) is 11.6 Å². The summed E-state index contributed by atoms with van der Waals surface area (Å²) in [5.41, 5.74) is 0. The maximum absolute atomic E-state index is 12.7. The summed E-state index contributed by atoms with van der Waals surface area (Å²) in [6.45, 7) is 1.82. The lowest BCUT2D eigenvalue weighted by Gasteiger charge is -1.97. The number of hydrogen-bond acceptors (Lipinski definition) is 2. The predicted octanol–water partition coefficient (Wildman–Crippen LogP) is 2.42. The number of halogens is 2. The van der Waals surface area contributed by atoms with Crippen LogP contribution in [0.2, 0.25) is 0 Å². The van der Waals surface area contributed by atoms with Gasteiger partial charge in [-0.3, -0.25) is 0 Å². The molecule has 0 heterocycles. The highest BCUT2D eigenvalue weighted by molar-refractivity contribution is 6.17. The smallest absolute Gasteiger partial charge is 0.366 e. The number of unbranched alkanes of at least 4 members (excludes halogenated alkanes) is 1. The molecule has 0 aromatic rings. The summed E-state index contributed by atoms with van der Waals surface area (Å²) in [6.07, 6.45) is 2.32. The largest absolute Gasteiger partial charge is 0.461 e. The molecule has 0 N–H and O–H groups in total. The molecule has 0 atom stereocenters. The summed E-state index contributed by atoms with van der Waals surface area (Å²) < 4.78 is 17.1. The van der Waals surface area contributed by atoms with Gasteiger partial charge < -0.3 is 4.74 Å². The van der Waals surface area contributed by atoms with E-state index in [0.29, 0.717) is 18.7 Å². The third-order valence-corrected chi connectivity index (χ3v) is 1.40. The molecule has 0 saturated heterocycles. The van der Waals surface area contributed by atoms with Crippen molar-refractivity contribution in [3.05, 3.63) is 11.9 Å². The van der Waals surface area contributed by atoms with Crippen molar-refractivity contribution in [2.75, 3.05) is 12.5 Å². The van der Waals surface area contributed by atoms with Gasteiger partial charge in [-0.25, -0.2) is 4.79 Å². The highest BCUT2D eigenvalue weighted by Gasteiger charge is 2.07. The number of carbonyl (C=O) groups excluding carboxylic acids is 1. The van der Waals surface area contributed by atoms with Crippen molar-refractivity contribution in [2.24, 2.45) is 0 Å². The SMILES string of the molecule is CCOC(=O)C(F)=CCCCCl. The third-order valence-electron chi connectivity index (χ3n) is 1.13. The maximum Gasteiger partial charge on any atom is 0.366 e. The van der Waals surface area contributed by atoms with Crippen LogP contribution >= 0.6 is 11.6 Å². The molecule has 0 fully saturated rings. The van der Waals surface area contributed by atoms with Gasteiger partial charge in [-0.1, -0.05) is 0 Å². The Hall–Kier alpha value is -0.570. The van der Waals surface area contributed by atoms with Gasteiger partial charge in [0.2, 0.25) is 5.83 Å². The van der Waals surface area contributed by atoms with Crippen LogP contribution in [0.3, 0.4) is 0 Å². The summed E-state index contributed by atoms with van der Waals surface area (Å²) in [5.74, 6) is -1.26. The fraction of sp³-hybridized carbons (Fsp3) is 0.625. The molecule has 0 aliphatic heterocycles. The summed E-state index contributed by atoms with van der Waals surface area (Å²) in [4.78, 5) is 10.6. The molecule has 0 radical (unpaired) electrons. The van der Waals surface area contributed by atoms with E-state index in [0.717, 1.165) is 0 Å². The van der Waals surface area contributed by atoms with Gasteiger partial charge in [0, 0.05) is 5.88 Å². The normalized spacial score (nSPS) is 11.4. The lowest BCUT2D eigenvalue weighted by Crippen LogP contribution is -2.04. The summed E-state index contributed by atoms with van der Waals surface area (Å²) in [7, 11) is 0. The zero-order chi connectivity index (χ0) is 9.40. The summed E-state index contributed by atoms with van der Waals surface area (Å²) >= 11 is 5.36. The van der Waals surface area contributed by atoms with Crippen molar-refractivity contribution in [3.8, 4) is 0 Å². The molecule has 0 unspecified atom stereocenters. The molecule has 4 heteroatoms. The van der Waals surface area contributed by atoms with Crippen LogP contribution in [0.15, 0.2) is 11.9 Å². The van der Waals surface area contributed by atoms with Crippen LogP contribution in [-0.2, 0) is 9.53 Å². The first-order valence-electron chi connectivity index (χ1n) is 3.81. The molecular weight excluding hydrogens is 183 g/mol. The van der Waals surface area contributed by atoms with Gasteiger partial charge in [-0.2, -0.15) is 4.39 Å². The third kappa shape index (κ3) is 5.13. The summed E-state index contributed by atoms with van der Waals surface area (Å²) in [6, 6.07) is 0.